The number of carbonyl (C=O) groups excluding carboxylic acids is 3. The smallest absolute Gasteiger partial charge is 0.312 e. The topological polar surface area (TPSA) is 229 Å². The van der Waals surface area contributed by atoms with E-state index in [-0.39, 0.29) is 44.5 Å². The molecule has 17 nitrogen and oxygen atoms in total. The van der Waals surface area contributed by atoms with Crippen LogP contribution >= 0.6 is 0 Å². The number of amides is 1. The zero-order valence-electron chi connectivity index (χ0n) is 39.8. The molecule has 0 spiro atoms. The molecule has 0 aliphatic carbocycles. The second-order valence-electron chi connectivity index (χ2n) is 17.9. The summed E-state index contributed by atoms with van der Waals surface area (Å²) in [5.41, 5.74) is 0.674. The van der Waals surface area contributed by atoms with Crippen molar-refractivity contribution >= 4 is 40.3 Å². The molecule has 0 unspecified atom stereocenters. The van der Waals surface area contributed by atoms with Crippen LogP contribution in [0.2, 0.25) is 0 Å². The Bertz CT molecular complexity index is 2480. The lowest BCUT2D eigenvalue weighted by Gasteiger charge is -2.38. The van der Waals surface area contributed by atoms with Gasteiger partial charge in [-0.25, -0.2) is 0 Å². The Morgan fingerprint density at radius 3 is 2.30 bits per heavy atom. The number of benzene rings is 3. The van der Waals surface area contributed by atoms with Crippen LogP contribution in [0, 0.1) is 30.6 Å². The summed E-state index contributed by atoms with van der Waals surface area (Å²) in [7, 11) is 3.06. The van der Waals surface area contributed by atoms with Gasteiger partial charge in [0, 0.05) is 93.9 Å². The first-order valence-electron chi connectivity index (χ1n) is 22.4. The number of rotatable bonds is 7. The van der Waals surface area contributed by atoms with Crippen LogP contribution < -0.4 is 14.8 Å². The maximum atomic E-state index is 14.6. The summed E-state index contributed by atoms with van der Waals surface area (Å²) >= 11 is 0. The molecule has 3 aromatic rings. The van der Waals surface area contributed by atoms with Crippen molar-refractivity contribution in [3.63, 3.8) is 0 Å². The van der Waals surface area contributed by atoms with E-state index in [4.69, 9.17) is 23.7 Å². The molecule has 67 heavy (non-hydrogen) atoms. The Morgan fingerprint density at radius 2 is 1.64 bits per heavy atom. The summed E-state index contributed by atoms with van der Waals surface area (Å²) in [6.45, 7) is 15.5. The van der Waals surface area contributed by atoms with Crippen molar-refractivity contribution in [3.8, 4) is 28.7 Å². The zero-order valence-corrected chi connectivity index (χ0v) is 39.8. The highest BCUT2D eigenvalue weighted by molar-refractivity contribution is 6.23. The quantitative estimate of drug-likeness (QED) is 0.0700. The first-order chi connectivity index (χ1) is 31.7. The summed E-state index contributed by atoms with van der Waals surface area (Å²) in [5, 5.41) is 67.6. The number of methoxy groups -OCH3 is 2. The van der Waals surface area contributed by atoms with Crippen molar-refractivity contribution < 1.29 is 63.6 Å². The molecule has 362 valence electrons. The van der Waals surface area contributed by atoms with Gasteiger partial charge in [0.2, 0.25) is 0 Å². The Labute approximate surface area is 390 Å². The van der Waals surface area contributed by atoms with Crippen molar-refractivity contribution in [2.45, 2.75) is 92.1 Å². The summed E-state index contributed by atoms with van der Waals surface area (Å²) in [4.78, 5) is 43.2. The van der Waals surface area contributed by atoms with Crippen LogP contribution in [0.1, 0.15) is 75.5 Å². The van der Waals surface area contributed by atoms with Crippen LogP contribution in [-0.4, -0.2) is 130 Å². The van der Waals surface area contributed by atoms with Gasteiger partial charge in [-0.15, -0.1) is 0 Å². The van der Waals surface area contributed by atoms with Gasteiger partial charge in [-0.3, -0.25) is 24.3 Å². The van der Waals surface area contributed by atoms with E-state index in [1.54, 1.807) is 52.0 Å². The number of ketones is 1. The van der Waals surface area contributed by atoms with Gasteiger partial charge < -0.3 is 54.5 Å². The average molecular weight is 929 g/mol. The summed E-state index contributed by atoms with van der Waals surface area (Å²) in [6.07, 6.45) is 4.82. The molecule has 7 rings (SSSR count). The fraction of sp³-hybridized carbons (Fsp3) is 0.480. The highest BCUT2D eigenvalue weighted by Crippen LogP contribution is 2.55. The normalized spacial score (nSPS) is 27.8. The van der Waals surface area contributed by atoms with Crippen molar-refractivity contribution in [2.75, 3.05) is 45.7 Å². The average Bonchev–Trinajstić information content (AvgIpc) is 3.57. The molecular weight excluding hydrogens is 865 g/mol. The maximum absolute atomic E-state index is 14.6. The lowest BCUT2D eigenvalue weighted by atomic mass is 9.78. The highest BCUT2D eigenvalue weighted by Gasteiger charge is 2.50. The molecular formula is C50H64N4O13. The van der Waals surface area contributed by atoms with E-state index in [9.17, 15) is 39.9 Å². The van der Waals surface area contributed by atoms with Crippen LogP contribution in [0.25, 0.3) is 10.8 Å². The number of ether oxygens (including phenoxy) is 5. The molecule has 4 aliphatic heterocycles. The van der Waals surface area contributed by atoms with Gasteiger partial charge in [0.1, 0.15) is 29.1 Å². The monoisotopic (exact) mass is 928 g/mol. The van der Waals surface area contributed by atoms with Crippen LogP contribution in [0.4, 0.5) is 5.69 Å². The van der Waals surface area contributed by atoms with E-state index in [0.717, 1.165) is 11.3 Å². The molecule has 1 saturated heterocycles. The minimum absolute atomic E-state index is 0.0461. The molecule has 1 fully saturated rings. The number of phenolic OH excluding ortho intramolecular Hbond substituents is 3. The number of aliphatic hydroxyl groups excluding tert-OH is 2. The lowest BCUT2D eigenvalue weighted by molar-refractivity contribution is -0.160. The van der Waals surface area contributed by atoms with Gasteiger partial charge in [0.05, 0.1) is 60.1 Å². The van der Waals surface area contributed by atoms with Gasteiger partial charge in [-0.2, -0.15) is 5.10 Å². The molecule has 0 saturated carbocycles. The van der Waals surface area contributed by atoms with Crippen molar-refractivity contribution in [3.05, 3.63) is 82.7 Å². The Balaban J connectivity index is 1.44. The number of hydrazone groups is 1. The standard InChI is InChI=1S/C50H64N4O13/c1-26-13-11-14-27(2)49(62)52-40-35(24-51-54-20-18-53(19-21-54)25-33-15-12-16-34(23-33)63-9)44(59)37-38(45(40)60)43(58)31(6)47-39(37)48(61)50(8,67-47)65-22-17-36(64-10)28(3)46(66-32(7)55)30(5)42(57)29(4)41(26)56/h11-17,22-24,26,28-30,36,41-42,46,56-60H,18-21,25H2,1-10H3,(H,52,62)/t26-,28-,29+,30+,36-,41-,42+,46-,50-/m0/s1. The summed E-state index contributed by atoms with van der Waals surface area (Å²) in [6, 6.07) is 7.85. The third-order valence-corrected chi connectivity index (χ3v) is 13.3. The fourth-order valence-electron chi connectivity index (χ4n) is 9.05. The summed E-state index contributed by atoms with van der Waals surface area (Å²) in [5.74, 6) is -7.73. The van der Waals surface area contributed by atoms with Gasteiger partial charge in [0.25, 0.3) is 11.7 Å². The minimum Gasteiger partial charge on any atom is -0.507 e. The van der Waals surface area contributed by atoms with Gasteiger partial charge in [-0.05, 0) is 37.6 Å². The number of Topliss-reactive ketones (excluding diaryl/α,β-unsaturated/α-hetero) is 1. The number of piperazine rings is 1. The number of hydrogen-bond donors (Lipinski definition) is 6. The minimum atomic E-state index is -2.07. The number of anilines is 1. The van der Waals surface area contributed by atoms with Gasteiger partial charge >= 0.3 is 11.8 Å². The highest BCUT2D eigenvalue weighted by atomic mass is 16.7. The number of nitrogens with zero attached hydrogens (tertiary/aromatic N) is 3. The van der Waals surface area contributed by atoms with Crippen LogP contribution in [0.5, 0.6) is 28.7 Å². The number of aliphatic hydroxyl groups is 2. The number of hydrogen-bond acceptors (Lipinski definition) is 16. The fourth-order valence-corrected chi connectivity index (χ4v) is 9.05. The number of allylic oxidation sites excluding steroid dienone is 2. The Kier molecular flexibility index (Phi) is 15.6. The van der Waals surface area contributed by atoms with Crippen LogP contribution in [0.3, 0.4) is 0 Å². The van der Waals surface area contributed by atoms with Gasteiger partial charge in [0.15, 0.2) is 5.75 Å². The third-order valence-electron chi connectivity index (χ3n) is 13.3. The number of aromatic hydroxyl groups is 3. The number of esters is 1. The maximum Gasteiger partial charge on any atom is 0.312 e. The molecule has 17 heteroatoms. The van der Waals surface area contributed by atoms with E-state index in [1.807, 2.05) is 24.3 Å². The van der Waals surface area contributed by atoms with Crippen LogP contribution in [-0.2, 0) is 30.3 Å². The second kappa shape index (κ2) is 20.8. The molecule has 1 amide bonds. The third kappa shape index (κ3) is 10.4. The number of phenols is 3. The van der Waals surface area contributed by atoms with E-state index < -0.39 is 88.8 Å². The first-order valence-corrected chi connectivity index (χ1v) is 22.4. The van der Waals surface area contributed by atoms with E-state index >= 15 is 0 Å². The molecule has 6 N–H and O–H groups in total. The largest absolute Gasteiger partial charge is 0.507 e. The number of fused-ring (bicyclic) bond motifs is 14. The molecule has 3 aromatic carbocycles. The Morgan fingerprint density at radius 1 is 0.940 bits per heavy atom. The molecule has 0 aromatic heterocycles. The SMILES string of the molecule is COc1cccc(CN2CCN(N=Cc3c4c(O)c5c(O)c(C)c6c(c5c3O)C(=O)[C@@](C)(OC=C[C@H](OC)[C@H](C)[C@H](OC(C)=O)[C@H](C)[C@H](O)[C@H](C)[C@@H](O)[C@@H](C)C=CC=C(C)C(=O)N4)O6)CC2)c1. The van der Waals surface area contributed by atoms with E-state index in [1.165, 1.54) is 59.4 Å². The summed E-state index contributed by atoms with van der Waals surface area (Å²) < 4.78 is 29.1. The van der Waals surface area contributed by atoms with Crippen molar-refractivity contribution in [2.24, 2.45) is 28.8 Å². The second-order valence-corrected chi connectivity index (χ2v) is 17.9. The molecule has 5 bridgehead atoms. The predicted molar refractivity (Wildman–Crippen MR) is 251 cm³/mol. The van der Waals surface area contributed by atoms with Gasteiger partial charge in [-0.1, -0.05) is 58.1 Å². The number of nitrogens with one attached hydrogen (secondary N) is 1. The molecule has 4 heterocycles. The predicted octanol–water partition coefficient (Wildman–Crippen LogP) is 5.91. The molecule has 0 radical (unpaired) electrons. The van der Waals surface area contributed by atoms with E-state index in [2.05, 4.69) is 15.3 Å². The molecule has 4 aliphatic rings. The molecule has 9 atom stereocenters. The number of carbonyl (C=O) groups is 3. The lowest BCUT2D eigenvalue weighted by Crippen LogP contribution is -2.46. The Hall–Kier alpha value is -6.14. The van der Waals surface area contributed by atoms with Crippen molar-refractivity contribution in [1.82, 2.24) is 9.91 Å². The van der Waals surface area contributed by atoms with E-state index in [0.29, 0.717) is 32.7 Å². The zero-order chi connectivity index (χ0) is 49.1. The van der Waals surface area contributed by atoms with Crippen molar-refractivity contribution in [1.29, 1.82) is 0 Å². The first kappa shape index (κ1) is 50.3. The van der Waals surface area contributed by atoms with Crippen LogP contribution in [0.15, 0.2) is 65.5 Å².